The van der Waals surface area contributed by atoms with Crippen LogP contribution in [0.3, 0.4) is 0 Å². The Balaban J connectivity index is 0. The van der Waals surface area contributed by atoms with Crippen molar-refractivity contribution in [3.05, 3.63) is 0 Å². The van der Waals surface area contributed by atoms with Crippen LogP contribution in [0.5, 0.6) is 0 Å². The van der Waals surface area contributed by atoms with Crippen LogP contribution in [-0.4, -0.2) is 6.10 Å². The van der Waals surface area contributed by atoms with Gasteiger partial charge in [0.05, 0.1) is 6.10 Å². The van der Waals surface area contributed by atoms with Crippen LogP contribution in [0, 0.1) is 40.8 Å². The smallest absolute Gasteiger partial charge is 0.180 e. The van der Waals surface area contributed by atoms with Gasteiger partial charge >= 0.3 is 0 Å². The van der Waals surface area contributed by atoms with Gasteiger partial charge in [0, 0.05) is 40.8 Å². The van der Waals surface area contributed by atoms with Gasteiger partial charge in [-0.15, -0.1) is 0 Å². The molecule has 4 heteroatoms. The minimum atomic E-state index is -1.01. The quantitative estimate of drug-likeness (QED) is 0.532. The van der Waals surface area contributed by atoms with E-state index in [0.29, 0.717) is 0 Å². The number of hydrogen-bond acceptors (Lipinski definition) is 2. The Bertz CT molecular complexity index is 101. The maximum atomic E-state index is 10.1. The largest absolute Gasteiger partial charge is 0.329 e. The summed E-state index contributed by atoms with van der Waals surface area (Å²) in [5.41, 5.74) is 0. The second-order valence-electron chi connectivity index (χ2n) is 2.89. The average Bonchev–Trinajstić information content (AvgIpc) is 1.99. The van der Waals surface area contributed by atoms with E-state index in [-0.39, 0.29) is 46.9 Å². The summed E-state index contributed by atoms with van der Waals surface area (Å²) in [7, 11) is -1.01. The van der Waals surface area contributed by atoms with Gasteiger partial charge in [0.25, 0.3) is 0 Å². The summed E-state index contributed by atoms with van der Waals surface area (Å²) in [6.07, 6.45) is 6.29. The molecule has 2 nitrogen and oxygen atoms in total. The van der Waals surface area contributed by atoms with Crippen LogP contribution in [0.4, 0.5) is 0 Å². The molecule has 0 N–H and O–H groups in total. The minimum absolute atomic E-state index is 0. The molecule has 0 saturated heterocycles. The zero-order chi connectivity index (χ0) is 8.53. The third-order valence-corrected chi connectivity index (χ3v) is 2.33. The molecule has 0 bridgehead atoms. The van der Waals surface area contributed by atoms with Crippen LogP contribution in [0.25, 0.3) is 0 Å². The molecular weight excluding hydrogens is 303 g/mol. The van der Waals surface area contributed by atoms with Gasteiger partial charge in [0.15, 0.2) is 8.69 Å². The second kappa shape index (κ2) is 12.5. The Kier molecular flexibility index (Phi) is 16.7. The second-order valence-corrected chi connectivity index (χ2v) is 3.36. The van der Waals surface area contributed by atoms with Crippen molar-refractivity contribution in [1.82, 2.24) is 0 Å². The molecular formula is C8H19NdO2P. The van der Waals surface area contributed by atoms with Crippen LogP contribution in [0.1, 0.15) is 46.0 Å². The molecule has 0 saturated carbocycles. The Hall–Kier alpha value is 1.54. The predicted octanol–water partition coefficient (Wildman–Crippen LogP) is 3.03. The molecule has 0 aliphatic heterocycles. The molecule has 0 aromatic heterocycles. The molecule has 0 aromatic carbocycles. The number of hydrogen-bond donors (Lipinski definition) is 0. The number of rotatable bonds is 7. The number of unbranched alkanes of at least 4 members (excludes halogenated alkanes) is 3. The first-order valence-electron chi connectivity index (χ1n) is 4.40. The minimum Gasteiger partial charge on any atom is -0.329 e. The summed E-state index contributed by atoms with van der Waals surface area (Å²) < 4.78 is 15.0. The summed E-state index contributed by atoms with van der Waals surface area (Å²) in [6, 6.07) is 0. The van der Waals surface area contributed by atoms with Gasteiger partial charge in [0.1, 0.15) is 0 Å². The third kappa shape index (κ3) is 11.5. The van der Waals surface area contributed by atoms with E-state index in [0.717, 1.165) is 6.42 Å². The van der Waals surface area contributed by atoms with Crippen molar-refractivity contribution < 1.29 is 49.9 Å². The van der Waals surface area contributed by atoms with Gasteiger partial charge in [-0.2, -0.15) is 0 Å². The Morgan fingerprint density at radius 2 is 2.00 bits per heavy atom. The molecule has 0 spiro atoms. The summed E-state index contributed by atoms with van der Waals surface area (Å²) in [5, 5.41) is 0. The fourth-order valence-corrected chi connectivity index (χ4v) is 1.35. The van der Waals surface area contributed by atoms with Gasteiger partial charge in [-0.05, 0) is 13.3 Å². The Morgan fingerprint density at radius 1 is 1.33 bits per heavy atom. The third-order valence-electron chi connectivity index (χ3n) is 1.75. The molecule has 0 rings (SSSR count). The van der Waals surface area contributed by atoms with Crippen LogP contribution >= 0.6 is 8.69 Å². The Morgan fingerprint density at radius 3 is 2.50 bits per heavy atom. The normalized spacial score (nSPS) is 13.2. The van der Waals surface area contributed by atoms with Crippen LogP contribution in [0.15, 0.2) is 0 Å². The van der Waals surface area contributed by atoms with Crippen molar-refractivity contribution in [3.63, 3.8) is 0 Å². The summed E-state index contributed by atoms with van der Waals surface area (Å²) in [4.78, 5) is 0. The van der Waals surface area contributed by atoms with Crippen molar-refractivity contribution in [2.45, 2.75) is 52.1 Å². The van der Waals surface area contributed by atoms with Crippen molar-refractivity contribution in [2.24, 2.45) is 0 Å². The molecule has 0 aromatic rings. The van der Waals surface area contributed by atoms with E-state index >= 15 is 0 Å². The zero-order valence-electron chi connectivity index (χ0n) is 8.01. The maximum absolute atomic E-state index is 10.1. The topological polar surface area (TPSA) is 26.3 Å². The first-order valence-corrected chi connectivity index (χ1v) is 5.34. The van der Waals surface area contributed by atoms with E-state index in [1.54, 1.807) is 0 Å². The van der Waals surface area contributed by atoms with Crippen LogP contribution < -0.4 is 0 Å². The molecule has 0 heterocycles. The monoisotopic (exact) mass is 320 g/mol. The molecule has 2 atom stereocenters. The molecule has 0 aliphatic rings. The standard InChI is InChI=1S/C8H19O2P.Nd/c1-3-4-5-6-7-8(2)10-11-9;/h8H,3-7,11H2,1-2H3;. The zero-order valence-corrected chi connectivity index (χ0v) is 12.4. The average molecular weight is 322 g/mol. The first kappa shape index (κ1) is 16.0. The predicted molar refractivity (Wildman–Crippen MR) is 49.7 cm³/mol. The molecule has 0 amide bonds. The molecule has 0 radical (unpaired) electrons. The summed E-state index contributed by atoms with van der Waals surface area (Å²) in [5.74, 6) is 0. The Labute approximate surface area is 110 Å². The van der Waals surface area contributed by atoms with Crippen molar-refractivity contribution >= 4 is 8.69 Å². The maximum Gasteiger partial charge on any atom is 0.180 e. The summed E-state index contributed by atoms with van der Waals surface area (Å²) in [6.45, 7) is 4.18. The van der Waals surface area contributed by atoms with E-state index < -0.39 is 8.69 Å². The van der Waals surface area contributed by atoms with Crippen molar-refractivity contribution in [1.29, 1.82) is 0 Å². The van der Waals surface area contributed by atoms with Crippen LogP contribution in [0.2, 0.25) is 0 Å². The molecule has 12 heavy (non-hydrogen) atoms. The SMILES string of the molecule is CCCCCCC(C)O[PH2]=O.[Nd]. The van der Waals surface area contributed by atoms with Gasteiger partial charge < -0.3 is 4.52 Å². The van der Waals surface area contributed by atoms with E-state index in [1.165, 1.54) is 25.7 Å². The van der Waals surface area contributed by atoms with Gasteiger partial charge in [0.2, 0.25) is 0 Å². The fraction of sp³-hybridized carbons (Fsp3) is 1.00. The van der Waals surface area contributed by atoms with Crippen molar-refractivity contribution in [2.75, 3.05) is 0 Å². The molecule has 0 aliphatic carbocycles. The first-order chi connectivity index (χ1) is 5.31. The van der Waals surface area contributed by atoms with E-state index in [9.17, 15) is 4.57 Å². The van der Waals surface area contributed by atoms with E-state index in [4.69, 9.17) is 4.52 Å². The van der Waals surface area contributed by atoms with E-state index in [2.05, 4.69) is 6.92 Å². The van der Waals surface area contributed by atoms with Crippen molar-refractivity contribution in [3.8, 4) is 0 Å². The van der Waals surface area contributed by atoms with Gasteiger partial charge in [-0.25, -0.2) is 0 Å². The fourth-order valence-electron chi connectivity index (χ4n) is 1.02. The molecule has 0 fully saturated rings. The molecule has 72 valence electrons. The van der Waals surface area contributed by atoms with Gasteiger partial charge in [-0.3, -0.25) is 4.57 Å². The van der Waals surface area contributed by atoms with Gasteiger partial charge in [-0.1, -0.05) is 32.6 Å². The van der Waals surface area contributed by atoms with Crippen LogP contribution in [-0.2, 0) is 9.09 Å². The molecule has 2 unspecified atom stereocenters. The summed E-state index contributed by atoms with van der Waals surface area (Å²) >= 11 is 0. The van der Waals surface area contributed by atoms with E-state index in [1.807, 2.05) is 6.92 Å².